The summed E-state index contributed by atoms with van der Waals surface area (Å²) in [6.07, 6.45) is 0. The summed E-state index contributed by atoms with van der Waals surface area (Å²) in [5, 5.41) is 4.87. The maximum absolute atomic E-state index is 5.97. The highest BCUT2D eigenvalue weighted by Crippen LogP contribution is 2.32. The fraction of sp³-hybridized carbons (Fsp3) is 0.222. The maximum Gasteiger partial charge on any atom is 0.127 e. The fourth-order valence-electron chi connectivity index (χ4n) is 2.50. The highest BCUT2D eigenvalue weighted by Gasteiger charge is 2.40. The average molecular weight is 264 g/mol. The first-order valence-corrected chi connectivity index (χ1v) is 6.92. The zero-order valence-corrected chi connectivity index (χ0v) is 11.4. The van der Waals surface area contributed by atoms with Crippen molar-refractivity contribution in [3.63, 3.8) is 0 Å². The van der Waals surface area contributed by atoms with Gasteiger partial charge in [-0.05, 0) is 41.3 Å². The maximum atomic E-state index is 5.97. The zero-order valence-electron chi connectivity index (χ0n) is 11.4. The quantitative estimate of drug-likeness (QED) is 0.523. The van der Waals surface area contributed by atoms with Crippen molar-refractivity contribution in [2.75, 3.05) is 13.2 Å². The summed E-state index contributed by atoms with van der Waals surface area (Å²) in [5.74, 6) is 0.935. The molecular weight excluding hydrogens is 248 g/mol. The van der Waals surface area contributed by atoms with Crippen LogP contribution < -0.4 is 4.74 Å². The van der Waals surface area contributed by atoms with Gasteiger partial charge in [-0.3, -0.25) is 0 Å². The van der Waals surface area contributed by atoms with E-state index in [1.54, 1.807) is 0 Å². The first-order valence-electron chi connectivity index (χ1n) is 6.92. The Hall–Kier alpha value is -2.06. The smallest absolute Gasteiger partial charge is 0.127 e. The van der Waals surface area contributed by atoms with Gasteiger partial charge in [0.2, 0.25) is 0 Å². The van der Waals surface area contributed by atoms with Gasteiger partial charge in [0.25, 0.3) is 0 Å². The van der Waals surface area contributed by atoms with Crippen LogP contribution in [0.1, 0.15) is 6.92 Å². The predicted octanol–water partition coefficient (Wildman–Crippen LogP) is 4.16. The summed E-state index contributed by atoms with van der Waals surface area (Å²) >= 11 is 0. The minimum Gasteiger partial charge on any atom is -0.490 e. The Balaban J connectivity index is 1.81. The first-order chi connectivity index (χ1) is 9.73. The Bertz CT molecular complexity index is 788. The molecule has 0 saturated carbocycles. The predicted molar refractivity (Wildman–Crippen MR) is 81.3 cm³/mol. The molecule has 3 aromatic carbocycles. The van der Waals surface area contributed by atoms with Crippen molar-refractivity contribution < 1.29 is 9.47 Å². The second kappa shape index (κ2) is 4.22. The molecule has 20 heavy (non-hydrogen) atoms. The van der Waals surface area contributed by atoms with Crippen LogP contribution in [0.3, 0.4) is 0 Å². The van der Waals surface area contributed by atoms with E-state index in [4.69, 9.17) is 9.47 Å². The van der Waals surface area contributed by atoms with E-state index in [1.165, 1.54) is 16.2 Å². The number of benzene rings is 3. The lowest BCUT2D eigenvalue weighted by Crippen LogP contribution is -2.16. The van der Waals surface area contributed by atoms with Crippen molar-refractivity contribution in [2.24, 2.45) is 0 Å². The van der Waals surface area contributed by atoms with Crippen LogP contribution in [-0.4, -0.2) is 18.8 Å². The van der Waals surface area contributed by atoms with E-state index >= 15 is 0 Å². The molecule has 1 fully saturated rings. The largest absolute Gasteiger partial charge is 0.490 e. The summed E-state index contributed by atoms with van der Waals surface area (Å²) in [6, 6.07) is 19.0. The van der Waals surface area contributed by atoms with Gasteiger partial charge in [0.1, 0.15) is 18.0 Å². The highest BCUT2D eigenvalue weighted by atomic mass is 16.6. The summed E-state index contributed by atoms with van der Waals surface area (Å²) in [4.78, 5) is 0. The Morgan fingerprint density at radius 2 is 1.70 bits per heavy atom. The van der Waals surface area contributed by atoms with Crippen LogP contribution in [0, 0.1) is 0 Å². The minimum absolute atomic E-state index is 0.0843. The molecule has 3 aromatic rings. The van der Waals surface area contributed by atoms with Crippen molar-refractivity contribution in [1.29, 1.82) is 0 Å². The Labute approximate surface area is 117 Å². The Kier molecular flexibility index (Phi) is 2.48. The van der Waals surface area contributed by atoms with Gasteiger partial charge in [0, 0.05) is 5.39 Å². The highest BCUT2D eigenvalue weighted by molar-refractivity contribution is 6.00. The lowest BCUT2D eigenvalue weighted by atomic mass is 10.0. The third-order valence-electron chi connectivity index (χ3n) is 3.88. The molecule has 0 radical (unpaired) electrons. The van der Waals surface area contributed by atoms with Crippen molar-refractivity contribution in [3.8, 4) is 5.75 Å². The second-order valence-corrected chi connectivity index (χ2v) is 5.70. The molecule has 1 atom stereocenters. The lowest BCUT2D eigenvalue weighted by molar-refractivity contribution is 0.204. The van der Waals surface area contributed by atoms with Crippen molar-refractivity contribution in [1.82, 2.24) is 0 Å². The molecule has 1 aliphatic rings. The molecule has 2 nitrogen and oxygen atoms in total. The Morgan fingerprint density at radius 1 is 1.00 bits per heavy atom. The van der Waals surface area contributed by atoms with Gasteiger partial charge in [-0.1, -0.05) is 36.4 Å². The van der Waals surface area contributed by atoms with Gasteiger partial charge in [-0.25, -0.2) is 0 Å². The molecule has 0 bridgehead atoms. The number of hydrogen-bond acceptors (Lipinski definition) is 2. The standard InChI is InChI=1S/C18H16O2/c1-18(12-20-18)11-19-17-8-4-7-15-9-13-5-2-3-6-14(13)10-16(15)17/h2-10H,11-12H2,1H3. The molecule has 2 heteroatoms. The lowest BCUT2D eigenvalue weighted by Gasteiger charge is -2.12. The van der Waals surface area contributed by atoms with Crippen LogP contribution in [0.25, 0.3) is 21.5 Å². The second-order valence-electron chi connectivity index (χ2n) is 5.70. The van der Waals surface area contributed by atoms with Crippen LogP contribution in [0.5, 0.6) is 5.75 Å². The number of epoxide rings is 1. The molecule has 0 spiro atoms. The molecule has 1 unspecified atom stereocenters. The van der Waals surface area contributed by atoms with Crippen molar-refractivity contribution >= 4 is 21.5 Å². The summed E-state index contributed by atoms with van der Waals surface area (Å²) in [6.45, 7) is 3.48. The van der Waals surface area contributed by atoms with Gasteiger partial charge in [0.05, 0.1) is 6.61 Å². The normalized spacial score (nSPS) is 21.2. The van der Waals surface area contributed by atoms with Crippen LogP contribution in [0.15, 0.2) is 54.6 Å². The van der Waals surface area contributed by atoms with Gasteiger partial charge < -0.3 is 9.47 Å². The third-order valence-corrected chi connectivity index (χ3v) is 3.88. The number of fused-ring (bicyclic) bond motifs is 2. The van der Waals surface area contributed by atoms with Gasteiger partial charge >= 0.3 is 0 Å². The number of rotatable bonds is 3. The summed E-state index contributed by atoms with van der Waals surface area (Å²) in [7, 11) is 0. The van der Waals surface area contributed by atoms with Crippen molar-refractivity contribution in [2.45, 2.75) is 12.5 Å². The molecule has 0 N–H and O–H groups in total. The third kappa shape index (κ3) is 2.02. The van der Waals surface area contributed by atoms with Gasteiger partial charge in [-0.15, -0.1) is 0 Å². The summed E-state index contributed by atoms with van der Waals surface area (Å²) < 4.78 is 11.3. The van der Waals surface area contributed by atoms with E-state index in [0.717, 1.165) is 17.7 Å². The first kappa shape index (κ1) is 11.7. The molecule has 0 aliphatic carbocycles. The zero-order chi connectivity index (χ0) is 13.6. The fourth-order valence-corrected chi connectivity index (χ4v) is 2.50. The minimum atomic E-state index is -0.0843. The van der Waals surface area contributed by atoms with E-state index < -0.39 is 0 Å². The molecule has 0 aromatic heterocycles. The average Bonchev–Trinajstić information content (AvgIpc) is 3.21. The molecule has 0 amide bonds. The van der Waals surface area contributed by atoms with Gasteiger partial charge in [-0.2, -0.15) is 0 Å². The van der Waals surface area contributed by atoms with Crippen LogP contribution >= 0.6 is 0 Å². The van der Waals surface area contributed by atoms with Gasteiger partial charge in [0.15, 0.2) is 0 Å². The molecular formula is C18H16O2. The molecule has 100 valence electrons. The van der Waals surface area contributed by atoms with Crippen LogP contribution in [0.2, 0.25) is 0 Å². The van der Waals surface area contributed by atoms with E-state index in [-0.39, 0.29) is 5.60 Å². The topological polar surface area (TPSA) is 21.8 Å². The van der Waals surface area contributed by atoms with Crippen molar-refractivity contribution in [3.05, 3.63) is 54.6 Å². The SMILES string of the molecule is CC1(COc2cccc3cc4ccccc4cc23)CO1. The number of hydrogen-bond donors (Lipinski definition) is 0. The van der Waals surface area contributed by atoms with E-state index in [9.17, 15) is 0 Å². The van der Waals surface area contributed by atoms with E-state index in [1.807, 2.05) is 12.1 Å². The molecule has 1 saturated heterocycles. The molecule has 1 aliphatic heterocycles. The van der Waals surface area contributed by atoms with E-state index in [2.05, 4.69) is 49.4 Å². The summed E-state index contributed by atoms with van der Waals surface area (Å²) in [5.41, 5.74) is -0.0843. The monoisotopic (exact) mass is 264 g/mol. The van der Waals surface area contributed by atoms with Crippen LogP contribution in [0.4, 0.5) is 0 Å². The Morgan fingerprint density at radius 3 is 2.45 bits per heavy atom. The van der Waals surface area contributed by atoms with Crippen LogP contribution in [-0.2, 0) is 4.74 Å². The number of ether oxygens (including phenoxy) is 2. The molecule has 1 heterocycles. The molecule has 4 rings (SSSR count). The van der Waals surface area contributed by atoms with E-state index in [0.29, 0.717) is 6.61 Å².